The molecule has 0 aromatic carbocycles. The maximum atomic E-state index is 5.89. The third-order valence-corrected chi connectivity index (χ3v) is 3.89. The molecule has 0 spiro atoms. The van der Waals surface area contributed by atoms with E-state index in [9.17, 15) is 0 Å². The normalized spacial score (nSPS) is 24.6. The molecule has 3 N–H and O–H groups in total. The van der Waals surface area contributed by atoms with E-state index < -0.39 is 0 Å². The van der Waals surface area contributed by atoms with Gasteiger partial charge >= 0.3 is 0 Å². The Bertz CT molecular complexity index is 417. The molecule has 1 heterocycles. The first-order valence-electron chi connectivity index (χ1n) is 6.93. The van der Waals surface area contributed by atoms with Crippen molar-refractivity contribution in [1.29, 1.82) is 0 Å². The lowest BCUT2D eigenvalue weighted by atomic mass is 10.0. The van der Waals surface area contributed by atoms with E-state index in [1.807, 2.05) is 13.8 Å². The molecule has 1 aromatic rings. The summed E-state index contributed by atoms with van der Waals surface area (Å²) in [7, 11) is 0. The molecule has 2 rings (SSSR count). The third kappa shape index (κ3) is 3.12. The zero-order valence-electron chi connectivity index (χ0n) is 11.7. The van der Waals surface area contributed by atoms with Gasteiger partial charge in [0.1, 0.15) is 17.5 Å². The highest BCUT2D eigenvalue weighted by atomic mass is 15.1. The quantitative estimate of drug-likeness (QED) is 0.790. The molecule has 1 aliphatic carbocycles. The maximum absolute atomic E-state index is 5.89. The van der Waals surface area contributed by atoms with E-state index in [1.54, 1.807) is 0 Å². The second kappa shape index (κ2) is 5.55. The predicted octanol–water partition coefficient (Wildman–Crippen LogP) is 3.06. The van der Waals surface area contributed by atoms with Gasteiger partial charge in [0.2, 0.25) is 0 Å². The number of aryl methyl sites for hydroxylation is 1. The van der Waals surface area contributed by atoms with E-state index in [4.69, 9.17) is 5.73 Å². The van der Waals surface area contributed by atoms with E-state index in [2.05, 4.69) is 22.2 Å². The molecule has 4 nitrogen and oxygen atoms in total. The van der Waals surface area contributed by atoms with E-state index >= 15 is 0 Å². The summed E-state index contributed by atoms with van der Waals surface area (Å²) in [4.78, 5) is 8.66. The minimum Gasteiger partial charge on any atom is -0.383 e. The highest BCUT2D eigenvalue weighted by molar-refractivity contribution is 5.55. The number of anilines is 2. The lowest BCUT2D eigenvalue weighted by Gasteiger charge is -2.19. The van der Waals surface area contributed by atoms with Crippen LogP contribution in [0.2, 0.25) is 0 Å². The number of nitrogens with one attached hydrogen (secondary N) is 1. The van der Waals surface area contributed by atoms with E-state index in [0.717, 1.165) is 23.1 Å². The van der Waals surface area contributed by atoms with Crippen molar-refractivity contribution in [2.24, 2.45) is 5.92 Å². The average molecular weight is 248 g/mol. The van der Waals surface area contributed by atoms with Crippen LogP contribution in [0.4, 0.5) is 11.6 Å². The molecule has 0 amide bonds. The van der Waals surface area contributed by atoms with Crippen LogP contribution < -0.4 is 11.1 Å². The summed E-state index contributed by atoms with van der Waals surface area (Å²) in [5.74, 6) is 3.10. The van der Waals surface area contributed by atoms with Gasteiger partial charge in [-0.05, 0) is 39.0 Å². The molecule has 1 aromatic heterocycles. The zero-order chi connectivity index (χ0) is 13.1. The number of aromatic nitrogens is 2. The Balaban J connectivity index is 2.09. The Morgan fingerprint density at radius 3 is 2.67 bits per heavy atom. The molecular weight excluding hydrogens is 224 g/mol. The van der Waals surface area contributed by atoms with Gasteiger partial charge in [-0.15, -0.1) is 0 Å². The third-order valence-electron chi connectivity index (χ3n) is 3.89. The molecule has 1 aliphatic rings. The van der Waals surface area contributed by atoms with E-state index in [0.29, 0.717) is 11.9 Å². The van der Waals surface area contributed by atoms with Gasteiger partial charge in [0.05, 0.1) is 0 Å². The molecule has 2 atom stereocenters. The highest BCUT2D eigenvalue weighted by Crippen LogP contribution is 2.26. The van der Waals surface area contributed by atoms with Gasteiger partial charge in [-0.1, -0.05) is 19.8 Å². The monoisotopic (exact) mass is 248 g/mol. The average Bonchev–Trinajstić information content (AvgIpc) is 2.51. The van der Waals surface area contributed by atoms with Crippen LogP contribution in [0.15, 0.2) is 0 Å². The number of hydrogen-bond acceptors (Lipinski definition) is 4. The van der Waals surface area contributed by atoms with Crippen molar-refractivity contribution in [3.63, 3.8) is 0 Å². The largest absolute Gasteiger partial charge is 0.383 e. The van der Waals surface area contributed by atoms with Gasteiger partial charge in [-0.2, -0.15) is 0 Å². The first kappa shape index (κ1) is 13.1. The van der Waals surface area contributed by atoms with Crippen molar-refractivity contribution in [1.82, 2.24) is 9.97 Å². The van der Waals surface area contributed by atoms with Crippen LogP contribution in [-0.2, 0) is 0 Å². The van der Waals surface area contributed by atoms with Crippen molar-refractivity contribution in [2.75, 3.05) is 11.1 Å². The Kier molecular flexibility index (Phi) is 4.04. The molecule has 2 unspecified atom stereocenters. The lowest BCUT2D eigenvalue weighted by molar-refractivity contribution is 0.501. The van der Waals surface area contributed by atoms with Crippen LogP contribution in [0, 0.1) is 19.8 Å². The fraction of sp³-hybridized carbons (Fsp3) is 0.714. The molecule has 0 radical (unpaired) electrons. The Morgan fingerprint density at radius 1 is 1.11 bits per heavy atom. The Labute approximate surface area is 109 Å². The van der Waals surface area contributed by atoms with Crippen LogP contribution in [0.1, 0.15) is 50.4 Å². The number of nitrogens with zero attached hydrogens (tertiary/aromatic N) is 2. The van der Waals surface area contributed by atoms with Gasteiger partial charge < -0.3 is 11.1 Å². The number of hydrogen-bond donors (Lipinski definition) is 2. The summed E-state index contributed by atoms with van der Waals surface area (Å²) in [6.07, 6.45) is 6.41. The van der Waals surface area contributed by atoms with Crippen LogP contribution >= 0.6 is 0 Å². The van der Waals surface area contributed by atoms with Gasteiger partial charge in [0.25, 0.3) is 0 Å². The molecule has 0 saturated heterocycles. The SMILES string of the molecule is Cc1nc(N)c(C)c(NC2CCCC(C)CC2)n1. The zero-order valence-corrected chi connectivity index (χ0v) is 11.7. The van der Waals surface area contributed by atoms with Gasteiger partial charge in [0, 0.05) is 11.6 Å². The molecule has 100 valence electrons. The van der Waals surface area contributed by atoms with E-state index in [-0.39, 0.29) is 0 Å². The number of nitrogens with two attached hydrogens (primary N) is 1. The molecular formula is C14H24N4. The summed E-state index contributed by atoms with van der Waals surface area (Å²) >= 11 is 0. The molecule has 0 aliphatic heterocycles. The fourth-order valence-corrected chi connectivity index (χ4v) is 2.62. The minimum absolute atomic E-state index is 0.530. The summed E-state index contributed by atoms with van der Waals surface area (Å²) in [6, 6.07) is 0.530. The predicted molar refractivity (Wildman–Crippen MR) is 75.6 cm³/mol. The molecule has 0 bridgehead atoms. The summed E-state index contributed by atoms with van der Waals surface area (Å²) in [5, 5.41) is 3.56. The van der Waals surface area contributed by atoms with Crippen molar-refractivity contribution < 1.29 is 0 Å². The lowest BCUT2D eigenvalue weighted by Crippen LogP contribution is -2.21. The fourth-order valence-electron chi connectivity index (χ4n) is 2.62. The number of rotatable bonds is 2. The summed E-state index contributed by atoms with van der Waals surface area (Å²) < 4.78 is 0. The van der Waals surface area contributed by atoms with Crippen LogP contribution in [0.25, 0.3) is 0 Å². The first-order chi connectivity index (χ1) is 8.56. The first-order valence-corrected chi connectivity index (χ1v) is 6.93. The smallest absolute Gasteiger partial charge is 0.134 e. The summed E-state index contributed by atoms with van der Waals surface area (Å²) in [5.41, 5.74) is 6.86. The minimum atomic E-state index is 0.530. The molecule has 18 heavy (non-hydrogen) atoms. The topological polar surface area (TPSA) is 63.8 Å². The van der Waals surface area contributed by atoms with E-state index in [1.165, 1.54) is 32.1 Å². The Hall–Kier alpha value is -1.32. The van der Waals surface area contributed by atoms with Crippen molar-refractivity contribution >= 4 is 11.6 Å². The van der Waals surface area contributed by atoms with Gasteiger partial charge in [-0.25, -0.2) is 9.97 Å². The highest BCUT2D eigenvalue weighted by Gasteiger charge is 2.17. The number of nitrogen functional groups attached to an aromatic ring is 1. The van der Waals surface area contributed by atoms with Crippen LogP contribution in [-0.4, -0.2) is 16.0 Å². The second-order valence-electron chi connectivity index (χ2n) is 5.58. The van der Waals surface area contributed by atoms with Crippen molar-refractivity contribution in [3.05, 3.63) is 11.4 Å². The van der Waals surface area contributed by atoms with Gasteiger partial charge in [-0.3, -0.25) is 0 Å². The maximum Gasteiger partial charge on any atom is 0.134 e. The van der Waals surface area contributed by atoms with Crippen LogP contribution in [0.5, 0.6) is 0 Å². The van der Waals surface area contributed by atoms with Crippen molar-refractivity contribution in [3.8, 4) is 0 Å². The molecule has 4 heteroatoms. The Morgan fingerprint density at radius 2 is 1.89 bits per heavy atom. The standard InChI is InChI=1S/C14H24N4/c1-9-5-4-6-12(8-7-9)18-14-10(2)13(15)16-11(3)17-14/h9,12H,4-8H2,1-3H3,(H3,15,16,17,18). The summed E-state index contributed by atoms with van der Waals surface area (Å²) in [6.45, 7) is 6.22. The van der Waals surface area contributed by atoms with Crippen LogP contribution in [0.3, 0.4) is 0 Å². The van der Waals surface area contributed by atoms with Crippen molar-refractivity contribution in [2.45, 2.75) is 58.9 Å². The van der Waals surface area contributed by atoms with Gasteiger partial charge in [0.15, 0.2) is 0 Å². The molecule has 1 fully saturated rings. The second-order valence-corrected chi connectivity index (χ2v) is 5.58. The molecule has 1 saturated carbocycles.